The maximum absolute atomic E-state index is 12.1. The van der Waals surface area contributed by atoms with Crippen LogP contribution in [0.25, 0.3) is 0 Å². The second-order valence-electron chi connectivity index (χ2n) is 5.17. The molecule has 0 aromatic heterocycles. The summed E-state index contributed by atoms with van der Waals surface area (Å²) in [6.45, 7) is 4.50. The Kier molecular flexibility index (Phi) is 6.36. The van der Waals surface area contributed by atoms with E-state index in [1.165, 1.54) is 0 Å². The molecule has 0 saturated carbocycles. The summed E-state index contributed by atoms with van der Waals surface area (Å²) in [6.07, 6.45) is 3.29. The van der Waals surface area contributed by atoms with Gasteiger partial charge in [-0.15, -0.1) is 0 Å². The standard InChI is InChI=1S/C15H24N2O2S/c1-4-15(16,5-2)11-17-14(18)13-8-6-7-12(9-13)10-20(3)19/h6-9H,4-5,10-11,16H2,1-3H3,(H,17,18). The molecule has 0 radical (unpaired) electrons. The van der Waals surface area contributed by atoms with Crippen molar-refractivity contribution >= 4 is 16.7 Å². The first-order valence-electron chi connectivity index (χ1n) is 6.86. The molecule has 0 saturated heterocycles. The van der Waals surface area contributed by atoms with Crippen molar-refractivity contribution in [2.24, 2.45) is 5.73 Å². The third-order valence-electron chi connectivity index (χ3n) is 3.57. The minimum atomic E-state index is -0.910. The number of amides is 1. The van der Waals surface area contributed by atoms with E-state index >= 15 is 0 Å². The molecule has 1 unspecified atom stereocenters. The van der Waals surface area contributed by atoms with Gasteiger partial charge in [0.05, 0.1) is 0 Å². The summed E-state index contributed by atoms with van der Waals surface area (Å²) in [7, 11) is -0.910. The van der Waals surface area contributed by atoms with Crippen molar-refractivity contribution in [3.05, 3.63) is 35.4 Å². The second kappa shape index (κ2) is 7.55. The van der Waals surface area contributed by atoms with Crippen LogP contribution < -0.4 is 11.1 Å². The van der Waals surface area contributed by atoms with E-state index in [2.05, 4.69) is 5.32 Å². The number of nitrogens with one attached hydrogen (secondary N) is 1. The fraction of sp³-hybridized carbons (Fsp3) is 0.533. The highest BCUT2D eigenvalue weighted by Gasteiger charge is 2.21. The van der Waals surface area contributed by atoms with Crippen molar-refractivity contribution in [2.45, 2.75) is 38.0 Å². The maximum atomic E-state index is 12.1. The van der Waals surface area contributed by atoms with Gasteiger partial charge in [0, 0.05) is 40.5 Å². The molecule has 0 heterocycles. The van der Waals surface area contributed by atoms with Crippen molar-refractivity contribution in [1.29, 1.82) is 0 Å². The number of rotatable bonds is 7. The first-order chi connectivity index (χ1) is 9.40. The Hall–Kier alpha value is -1.20. The van der Waals surface area contributed by atoms with Gasteiger partial charge in [-0.3, -0.25) is 9.00 Å². The molecule has 112 valence electrons. The van der Waals surface area contributed by atoms with E-state index in [0.717, 1.165) is 18.4 Å². The summed E-state index contributed by atoms with van der Waals surface area (Å²) in [4.78, 5) is 12.1. The van der Waals surface area contributed by atoms with Crippen LogP contribution in [0.3, 0.4) is 0 Å². The van der Waals surface area contributed by atoms with Crippen LogP contribution in [-0.2, 0) is 16.6 Å². The Labute approximate surface area is 123 Å². The zero-order chi connectivity index (χ0) is 15.2. The van der Waals surface area contributed by atoms with Gasteiger partial charge in [-0.25, -0.2) is 0 Å². The Bertz CT molecular complexity index is 485. The lowest BCUT2D eigenvalue weighted by Gasteiger charge is -2.26. The minimum Gasteiger partial charge on any atom is -0.350 e. The van der Waals surface area contributed by atoms with Gasteiger partial charge in [-0.05, 0) is 30.5 Å². The molecule has 1 amide bonds. The SMILES string of the molecule is CCC(N)(CC)CNC(=O)c1cccc(CS(C)=O)c1. The van der Waals surface area contributed by atoms with Gasteiger partial charge in [0.2, 0.25) is 0 Å². The van der Waals surface area contributed by atoms with Crippen molar-refractivity contribution < 1.29 is 9.00 Å². The summed E-state index contributed by atoms with van der Waals surface area (Å²) in [5.74, 6) is 0.330. The number of hydrogen-bond donors (Lipinski definition) is 2. The third kappa shape index (κ3) is 5.06. The molecule has 20 heavy (non-hydrogen) atoms. The molecule has 1 aromatic carbocycles. The maximum Gasteiger partial charge on any atom is 0.251 e. The Balaban J connectivity index is 2.70. The molecule has 5 heteroatoms. The van der Waals surface area contributed by atoms with E-state index in [-0.39, 0.29) is 11.4 Å². The summed E-state index contributed by atoms with van der Waals surface area (Å²) >= 11 is 0. The molecule has 0 fully saturated rings. The first-order valence-corrected chi connectivity index (χ1v) is 8.59. The lowest BCUT2D eigenvalue weighted by Crippen LogP contribution is -2.49. The molecule has 1 rings (SSSR count). The number of hydrogen-bond acceptors (Lipinski definition) is 3. The summed E-state index contributed by atoms with van der Waals surface area (Å²) in [5, 5.41) is 2.88. The smallest absolute Gasteiger partial charge is 0.251 e. The van der Waals surface area contributed by atoms with Gasteiger partial charge >= 0.3 is 0 Å². The van der Waals surface area contributed by atoms with Crippen LogP contribution in [0.2, 0.25) is 0 Å². The molecule has 3 N–H and O–H groups in total. The predicted molar refractivity (Wildman–Crippen MR) is 84.0 cm³/mol. The van der Waals surface area contributed by atoms with E-state index in [1.807, 2.05) is 26.0 Å². The summed E-state index contributed by atoms with van der Waals surface area (Å²) in [6, 6.07) is 7.23. The largest absolute Gasteiger partial charge is 0.350 e. The monoisotopic (exact) mass is 296 g/mol. The van der Waals surface area contributed by atoms with Gasteiger partial charge in [0.1, 0.15) is 0 Å². The molecule has 4 nitrogen and oxygen atoms in total. The fourth-order valence-electron chi connectivity index (χ4n) is 1.90. The Morgan fingerprint density at radius 2 is 2.00 bits per heavy atom. The number of carbonyl (C=O) groups is 1. The van der Waals surface area contributed by atoms with Crippen LogP contribution in [-0.4, -0.2) is 28.5 Å². The number of benzene rings is 1. The Morgan fingerprint density at radius 3 is 2.55 bits per heavy atom. The van der Waals surface area contributed by atoms with Crippen molar-refractivity contribution in [1.82, 2.24) is 5.32 Å². The summed E-state index contributed by atoms with van der Waals surface area (Å²) < 4.78 is 11.2. The van der Waals surface area contributed by atoms with Crippen LogP contribution in [0, 0.1) is 0 Å². The molecule has 1 aromatic rings. The molecular weight excluding hydrogens is 272 g/mol. The Morgan fingerprint density at radius 1 is 1.35 bits per heavy atom. The van der Waals surface area contributed by atoms with Gasteiger partial charge in [0.15, 0.2) is 0 Å². The third-order valence-corrected chi connectivity index (χ3v) is 4.31. The van der Waals surface area contributed by atoms with E-state index in [4.69, 9.17) is 5.73 Å². The lowest BCUT2D eigenvalue weighted by atomic mass is 9.94. The van der Waals surface area contributed by atoms with Crippen LogP contribution in [0.15, 0.2) is 24.3 Å². The van der Waals surface area contributed by atoms with E-state index in [1.54, 1.807) is 18.4 Å². The number of carbonyl (C=O) groups excluding carboxylic acids is 1. The zero-order valence-corrected chi connectivity index (χ0v) is 13.3. The van der Waals surface area contributed by atoms with Gasteiger partial charge in [-0.2, -0.15) is 0 Å². The van der Waals surface area contributed by atoms with Crippen molar-refractivity contribution in [3.8, 4) is 0 Å². The van der Waals surface area contributed by atoms with Gasteiger partial charge in [0.25, 0.3) is 5.91 Å². The van der Waals surface area contributed by atoms with Gasteiger partial charge < -0.3 is 11.1 Å². The zero-order valence-electron chi connectivity index (χ0n) is 12.4. The van der Waals surface area contributed by atoms with Crippen molar-refractivity contribution in [2.75, 3.05) is 12.8 Å². The highest BCUT2D eigenvalue weighted by atomic mass is 32.2. The van der Waals surface area contributed by atoms with Crippen LogP contribution in [0.5, 0.6) is 0 Å². The molecule has 1 atom stereocenters. The second-order valence-corrected chi connectivity index (χ2v) is 6.61. The molecular formula is C15H24N2O2S. The topological polar surface area (TPSA) is 72.2 Å². The highest BCUT2D eigenvalue weighted by Crippen LogP contribution is 2.11. The van der Waals surface area contributed by atoms with Crippen molar-refractivity contribution in [3.63, 3.8) is 0 Å². The van der Waals surface area contributed by atoms with Crippen LogP contribution >= 0.6 is 0 Å². The highest BCUT2D eigenvalue weighted by molar-refractivity contribution is 7.83. The van der Waals surface area contributed by atoms with Crippen LogP contribution in [0.4, 0.5) is 0 Å². The molecule has 0 aliphatic heterocycles. The fourth-order valence-corrected chi connectivity index (χ4v) is 2.54. The molecule has 0 spiro atoms. The normalized spacial score (nSPS) is 13.0. The number of nitrogens with two attached hydrogens (primary N) is 1. The van der Waals surface area contributed by atoms with E-state index in [0.29, 0.717) is 17.9 Å². The molecule has 0 aliphatic rings. The quantitative estimate of drug-likeness (QED) is 0.806. The average Bonchev–Trinajstić information content (AvgIpc) is 2.44. The lowest BCUT2D eigenvalue weighted by molar-refractivity contribution is 0.0942. The average molecular weight is 296 g/mol. The van der Waals surface area contributed by atoms with E-state index in [9.17, 15) is 9.00 Å². The van der Waals surface area contributed by atoms with Gasteiger partial charge in [-0.1, -0.05) is 26.0 Å². The van der Waals surface area contributed by atoms with E-state index < -0.39 is 10.8 Å². The predicted octanol–water partition coefficient (Wildman–Crippen LogP) is 1.81. The first kappa shape index (κ1) is 16.9. The minimum absolute atomic E-state index is 0.134. The summed E-state index contributed by atoms with van der Waals surface area (Å²) in [5.41, 5.74) is 7.31. The molecule has 0 aliphatic carbocycles. The van der Waals surface area contributed by atoms with Crippen LogP contribution in [0.1, 0.15) is 42.6 Å². The molecule has 0 bridgehead atoms.